The Morgan fingerprint density at radius 2 is 2.08 bits per heavy atom. The number of aromatic amines is 2. The molecular weight excluding hydrogens is 156 g/mol. The molecule has 0 spiro atoms. The lowest BCUT2D eigenvalue weighted by molar-refractivity contribution is 0.0845. The Hall–Kier alpha value is -1.03. The minimum atomic E-state index is -0.0449. The molecule has 2 N–H and O–H groups in total. The van der Waals surface area contributed by atoms with Crippen LogP contribution in [0.1, 0.15) is 24.5 Å². The molecule has 1 aliphatic heterocycles. The van der Waals surface area contributed by atoms with E-state index in [-0.39, 0.29) is 5.56 Å². The molecule has 0 atom stereocenters. The molecule has 1 fully saturated rings. The highest BCUT2D eigenvalue weighted by Crippen LogP contribution is 2.23. The Kier molecular flexibility index (Phi) is 1.99. The van der Waals surface area contributed by atoms with Gasteiger partial charge in [0.05, 0.1) is 0 Å². The van der Waals surface area contributed by atoms with E-state index in [0.717, 1.165) is 31.7 Å². The molecule has 1 aliphatic rings. The first-order chi connectivity index (χ1) is 5.86. The molecule has 1 aromatic heterocycles. The van der Waals surface area contributed by atoms with Crippen molar-refractivity contribution in [3.63, 3.8) is 0 Å². The average molecular weight is 168 g/mol. The molecule has 0 unspecified atom stereocenters. The van der Waals surface area contributed by atoms with Crippen LogP contribution in [-0.2, 0) is 4.74 Å². The second-order valence-electron chi connectivity index (χ2n) is 3.10. The summed E-state index contributed by atoms with van der Waals surface area (Å²) in [5.74, 6) is 0.470. The fourth-order valence-corrected chi connectivity index (χ4v) is 1.58. The average Bonchev–Trinajstić information content (AvgIpc) is 2.54. The summed E-state index contributed by atoms with van der Waals surface area (Å²) in [5, 5.41) is 5.43. The number of nitrogens with one attached hydrogen (secondary N) is 2. The van der Waals surface area contributed by atoms with Crippen molar-refractivity contribution in [1.29, 1.82) is 0 Å². The summed E-state index contributed by atoms with van der Waals surface area (Å²) in [4.78, 5) is 10.8. The molecule has 66 valence electrons. The minimum absolute atomic E-state index is 0.0449. The Morgan fingerprint density at radius 3 is 2.67 bits per heavy atom. The molecule has 0 aliphatic carbocycles. The third-order valence-corrected chi connectivity index (χ3v) is 2.28. The number of rotatable bonds is 1. The van der Waals surface area contributed by atoms with Crippen LogP contribution in [0.3, 0.4) is 0 Å². The summed E-state index contributed by atoms with van der Waals surface area (Å²) in [6, 6.07) is 1.63. The zero-order valence-corrected chi connectivity index (χ0v) is 6.80. The number of ether oxygens (including phenoxy) is 1. The zero-order valence-electron chi connectivity index (χ0n) is 6.80. The Morgan fingerprint density at radius 1 is 1.33 bits per heavy atom. The summed E-state index contributed by atoms with van der Waals surface area (Å²) < 4.78 is 5.23. The van der Waals surface area contributed by atoms with Crippen LogP contribution in [0.4, 0.5) is 0 Å². The van der Waals surface area contributed by atoms with Crippen molar-refractivity contribution >= 4 is 0 Å². The summed E-state index contributed by atoms with van der Waals surface area (Å²) in [6.45, 7) is 1.61. The van der Waals surface area contributed by atoms with Crippen molar-refractivity contribution < 1.29 is 4.74 Å². The van der Waals surface area contributed by atoms with Crippen LogP contribution in [0.15, 0.2) is 10.9 Å². The predicted molar refractivity (Wildman–Crippen MR) is 44.2 cm³/mol. The fourth-order valence-electron chi connectivity index (χ4n) is 1.58. The van der Waals surface area contributed by atoms with Gasteiger partial charge in [-0.05, 0) is 12.8 Å². The van der Waals surface area contributed by atoms with Crippen LogP contribution in [0.5, 0.6) is 0 Å². The molecule has 12 heavy (non-hydrogen) atoms. The van der Waals surface area contributed by atoms with E-state index in [1.54, 1.807) is 6.07 Å². The molecule has 2 rings (SSSR count). The first kappa shape index (κ1) is 7.61. The van der Waals surface area contributed by atoms with Gasteiger partial charge in [-0.15, -0.1) is 0 Å². The van der Waals surface area contributed by atoms with E-state index < -0.39 is 0 Å². The highest BCUT2D eigenvalue weighted by atomic mass is 16.5. The maximum Gasteiger partial charge on any atom is 0.264 e. The lowest BCUT2D eigenvalue weighted by atomic mass is 9.97. The van der Waals surface area contributed by atoms with E-state index in [1.165, 1.54) is 0 Å². The molecule has 4 heteroatoms. The van der Waals surface area contributed by atoms with Gasteiger partial charge in [0.15, 0.2) is 0 Å². The predicted octanol–water partition coefficient (Wildman–Crippen LogP) is 0.597. The van der Waals surface area contributed by atoms with Crippen LogP contribution >= 0.6 is 0 Å². The van der Waals surface area contributed by atoms with Gasteiger partial charge in [0.2, 0.25) is 0 Å². The van der Waals surface area contributed by atoms with Gasteiger partial charge in [0, 0.05) is 30.9 Å². The Bertz CT molecular complexity index is 296. The van der Waals surface area contributed by atoms with Crippen molar-refractivity contribution in [1.82, 2.24) is 10.2 Å². The molecule has 2 heterocycles. The molecule has 0 radical (unpaired) electrons. The molecule has 4 nitrogen and oxygen atoms in total. The van der Waals surface area contributed by atoms with E-state index in [2.05, 4.69) is 10.2 Å². The molecule has 1 saturated heterocycles. The van der Waals surface area contributed by atoms with Crippen molar-refractivity contribution in [2.45, 2.75) is 18.8 Å². The SMILES string of the molecule is O=c1cc(C2CCOCC2)[nH][nH]1. The summed E-state index contributed by atoms with van der Waals surface area (Å²) in [6.07, 6.45) is 2.02. The monoisotopic (exact) mass is 168 g/mol. The smallest absolute Gasteiger partial charge is 0.264 e. The molecular formula is C8H12N2O2. The highest BCUT2D eigenvalue weighted by molar-refractivity contribution is 5.06. The maximum atomic E-state index is 10.8. The van der Waals surface area contributed by atoms with Gasteiger partial charge < -0.3 is 9.84 Å². The number of hydrogen-bond donors (Lipinski definition) is 2. The molecule has 0 aromatic carbocycles. The zero-order chi connectivity index (χ0) is 8.39. The molecule has 0 amide bonds. The molecule has 1 aromatic rings. The van der Waals surface area contributed by atoms with Gasteiger partial charge in [-0.3, -0.25) is 9.89 Å². The standard InChI is InChI=1S/C8H12N2O2/c11-8-5-7(9-10-8)6-1-3-12-4-2-6/h5-6H,1-4H2,(H2,9,10,11). The summed E-state index contributed by atoms with van der Waals surface area (Å²) in [7, 11) is 0. The third kappa shape index (κ3) is 1.43. The van der Waals surface area contributed by atoms with Gasteiger partial charge in [0.1, 0.15) is 0 Å². The quantitative estimate of drug-likeness (QED) is 0.645. The summed E-state index contributed by atoms with van der Waals surface area (Å²) in [5.41, 5.74) is 0.972. The van der Waals surface area contributed by atoms with Crippen LogP contribution in [0.25, 0.3) is 0 Å². The minimum Gasteiger partial charge on any atom is -0.381 e. The van der Waals surface area contributed by atoms with Crippen molar-refractivity contribution in [2.24, 2.45) is 0 Å². The van der Waals surface area contributed by atoms with Gasteiger partial charge in [-0.2, -0.15) is 0 Å². The van der Waals surface area contributed by atoms with Gasteiger partial charge in [0.25, 0.3) is 5.56 Å². The Balaban J connectivity index is 2.13. The highest BCUT2D eigenvalue weighted by Gasteiger charge is 2.16. The van der Waals surface area contributed by atoms with E-state index in [9.17, 15) is 4.79 Å². The number of aromatic nitrogens is 2. The van der Waals surface area contributed by atoms with Crippen molar-refractivity contribution in [3.8, 4) is 0 Å². The number of H-pyrrole nitrogens is 2. The van der Waals surface area contributed by atoms with E-state index >= 15 is 0 Å². The van der Waals surface area contributed by atoms with E-state index in [4.69, 9.17) is 4.74 Å². The second kappa shape index (κ2) is 3.15. The third-order valence-electron chi connectivity index (χ3n) is 2.28. The fraction of sp³-hybridized carbons (Fsp3) is 0.625. The first-order valence-electron chi connectivity index (χ1n) is 4.21. The molecule has 0 saturated carbocycles. The van der Waals surface area contributed by atoms with Crippen molar-refractivity contribution in [2.75, 3.05) is 13.2 Å². The van der Waals surface area contributed by atoms with Crippen LogP contribution in [-0.4, -0.2) is 23.4 Å². The van der Waals surface area contributed by atoms with Crippen LogP contribution < -0.4 is 5.56 Å². The van der Waals surface area contributed by atoms with E-state index in [1.807, 2.05) is 0 Å². The lowest BCUT2D eigenvalue weighted by Crippen LogP contribution is -2.14. The van der Waals surface area contributed by atoms with Crippen LogP contribution in [0.2, 0.25) is 0 Å². The van der Waals surface area contributed by atoms with Gasteiger partial charge in [-0.25, -0.2) is 0 Å². The lowest BCUT2D eigenvalue weighted by Gasteiger charge is -2.20. The first-order valence-corrected chi connectivity index (χ1v) is 4.21. The second-order valence-corrected chi connectivity index (χ2v) is 3.10. The van der Waals surface area contributed by atoms with E-state index in [0.29, 0.717) is 5.92 Å². The van der Waals surface area contributed by atoms with Gasteiger partial charge >= 0.3 is 0 Å². The molecule has 0 bridgehead atoms. The normalized spacial score (nSPS) is 19.7. The Labute approximate surface area is 69.9 Å². The maximum absolute atomic E-state index is 10.8. The van der Waals surface area contributed by atoms with Gasteiger partial charge in [-0.1, -0.05) is 0 Å². The summed E-state index contributed by atoms with van der Waals surface area (Å²) >= 11 is 0. The van der Waals surface area contributed by atoms with Crippen LogP contribution in [0, 0.1) is 0 Å². The van der Waals surface area contributed by atoms with Crippen molar-refractivity contribution in [3.05, 3.63) is 22.1 Å². The largest absolute Gasteiger partial charge is 0.381 e. The number of hydrogen-bond acceptors (Lipinski definition) is 2. The topological polar surface area (TPSA) is 57.9 Å².